The van der Waals surface area contributed by atoms with Crippen LogP contribution in [-0.2, 0) is 4.79 Å². The molecule has 2 rings (SSSR count). The second-order valence-electron chi connectivity index (χ2n) is 6.08. The minimum Gasteiger partial charge on any atom is -0.400 e. The molecule has 2 unspecified atom stereocenters. The normalized spacial score (nSPS) is 25.3. The van der Waals surface area contributed by atoms with Crippen molar-refractivity contribution in [3.8, 4) is 0 Å². The molecule has 0 saturated heterocycles. The summed E-state index contributed by atoms with van der Waals surface area (Å²) in [5, 5.41) is 7.00. The molecule has 0 fully saturated rings. The first-order valence-electron chi connectivity index (χ1n) is 8.70. The van der Waals surface area contributed by atoms with Gasteiger partial charge in [-0.15, -0.1) is 0 Å². The van der Waals surface area contributed by atoms with Gasteiger partial charge in [-0.3, -0.25) is 9.79 Å². The number of aliphatic hydroxyl groups is 1. The first-order valence-corrected chi connectivity index (χ1v) is 8.70. The van der Waals surface area contributed by atoms with Crippen molar-refractivity contribution in [1.82, 2.24) is 4.90 Å². The van der Waals surface area contributed by atoms with Crippen LogP contribution < -0.4 is 0 Å². The van der Waals surface area contributed by atoms with Crippen molar-refractivity contribution in [2.24, 2.45) is 10.9 Å². The Morgan fingerprint density at radius 2 is 2.00 bits per heavy atom. The van der Waals surface area contributed by atoms with Gasteiger partial charge in [0.1, 0.15) is 0 Å². The zero-order valence-corrected chi connectivity index (χ0v) is 15.9. The maximum atomic E-state index is 12.8. The van der Waals surface area contributed by atoms with Gasteiger partial charge in [0, 0.05) is 26.8 Å². The molecule has 4 nitrogen and oxygen atoms in total. The van der Waals surface area contributed by atoms with Crippen molar-refractivity contribution in [2.75, 3.05) is 21.2 Å². The predicted molar refractivity (Wildman–Crippen MR) is 106 cm³/mol. The van der Waals surface area contributed by atoms with E-state index in [4.69, 9.17) is 5.11 Å². The van der Waals surface area contributed by atoms with Gasteiger partial charge in [-0.25, -0.2) is 0 Å². The monoisotopic (exact) mass is 342 g/mol. The number of aliphatic hydroxyl groups excluding tert-OH is 1. The molecule has 136 valence electrons. The fourth-order valence-corrected chi connectivity index (χ4v) is 2.89. The topological polar surface area (TPSA) is 52.9 Å². The van der Waals surface area contributed by atoms with Gasteiger partial charge in [0.25, 0.3) is 5.91 Å². The van der Waals surface area contributed by atoms with Gasteiger partial charge in [-0.1, -0.05) is 50.3 Å². The van der Waals surface area contributed by atoms with Gasteiger partial charge in [-0.2, -0.15) is 0 Å². The van der Waals surface area contributed by atoms with E-state index in [9.17, 15) is 4.79 Å². The first kappa shape index (κ1) is 20.8. The first-order chi connectivity index (χ1) is 12.1. The van der Waals surface area contributed by atoms with Crippen molar-refractivity contribution in [2.45, 2.75) is 32.7 Å². The van der Waals surface area contributed by atoms with E-state index in [1.807, 2.05) is 36.3 Å². The lowest BCUT2D eigenvalue weighted by atomic mass is 9.97. The minimum atomic E-state index is 0.0432. The molecule has 0 aromatic rings. The van der Waals surface area contributed by atoms with Crippen molar-refractivity contribution in [3.05, 3.63) is 59.8 Å². The van der Waals surface area contributed by atoms with E-state index in [1.165, 1.54) is 0 Å². The fraction of sp³-hybridized carbons (Fsp3) is 0.429. The van der Waals surface area contributed by atoms with Crippen LogP contribution in [-0.4, -0.2) is 48.9 Å². The van der Waals surface area contributed by atoms with Crippen LogP contribution in [0.5, 0.6) is 0 Å². The summed E-state index contributed by atoms with van der Waals surface area (Å²) in [4.78, 5) is 19.0. The zero-order valence-electron chi connectivity index (χ0n) is 15.9. The highest BCUT2D eigenvalue weighted by molar-refractivity contribution is 6.16. The Labute approximate surface area is 151 Å². The number of rotatable bonds is 3. The van der Waals surface area contributed by atoms with Crippen LogP contribution in [0.15, 0.2) is 64.7 Å². The molecule has 0 spiro atoms. The highest BCUT2D eigenvalue weighted by Crippen LogP contribution is 2.21. The van der Waals surface area contributed by atoms with Crippen molar-refractivity contribution in [3.63, 3.8) is 0 Å². The molecule has 0 radical (unpaired) electrons. The van der Waals surface area contributed by atoms with E-state index < -0.39 is 0 Å². The highest BCUT2D eigenvalue weighted by atomic mass is 16.2. The van der Waals surface area contributed by atoms with Crippen LogP contribution in [0.25, 0.3) is 0 Å². The number of likely N-dealkylation sites (N-methyl/N-ethyl adjacent to an activating group) is 1. The Hall–Kier alpha value is -2.20. The fourth-order valence-electron chi connectivity index (χ4n) is 2.89. The van der Waals surface area contributed by atoms with Crippen molar-refractivity contribution >= 4 is 11.6 Å². The third-order valence-electron chi connectivity index (χ3n) is 4.26. The number of aliphatic imine (C=N–C) groups is 1. The molecule has 2 atom stereocenters. The van der Waals surface area contributed by atoms with E-state index in [0.29, 0.717) is 11.5 Å². The Morgan fingerprint density at radius 1 is 1.32 bits per heavy atom. The number of nitrogens with zero attached hydrogens (tertiary/aromatic N) is 2. The number of allylic oxidation sites excluding steroid dienone is 7. The third kappa shape index (κ3) is 5.68. The van der Waals surface area contributed by atoms with Gasteiger partial charge >= 0.3 is 0 Å². The molecule has 0 heterocycles. The summed E-state index contributed by atoms with van der Waals surface area (Å²) >= 11 is 0. The SMILES string of the molecule is CC/C=C1/C=CC(C(=O)N(C)C2C=CC=CC(C)C2)=CC1=NC.CO. The van der Waals surface area contributed by atoms with Crippen LogP contribution >= 0.6 is 0 Å². The van der Waals surface area contributed by atoms with Gasteiger partial charge in [0.05, 0.1) is 11.8 Å². The largest absolute Gasteiger partial charge is 0.400 e. The highest BCUT2D eigenvalue weighted by Gasteiger charge is 2.23. The van der Waals surface area contributed by atoms with E-state index >= 15 is 0 Å². The van der Waals surface area contributed by atoms with E-state index in [-0.39, 0.29) is 11.9 Å². The second kappa shape index (κ2) is 10.6. The van der Waals surface area contributed by atoms with Gasteiger partial charge in [-0.05, 0) is 36.5 Å². The van der Waals surface area contributed by atoms with Gasteiger partial charge < -0.3 is 10.0 Å². The van der Waals surface area contributed by atoms with Crippen LogP contribution in [0.1, 0.15) is 26.7 Å². The minimum absolute atomic E-state index is 0.0432. The summed E-state index contributed by atoms with van der Waals surface area (Å²) in [6.07, 6.45) is 18.2. The van der Waals surface area contributed by atoms with Gasteiger partial charge in [0.2, 0.25) is 0 Å². The van der Waals surface area contributed by atoms with Gasteiger partial charge in [0.15, 0.2) is 0 Å². The molecule has 0 aromatic carbocycles. The molecule has 1 amide bonds. The predicted octanol–water partition coefficient (Wildman–Crippen LogP) is 3.48. The lowest BCUT2D eigenvalue weighted by molar-refractivity contribution is -0.126. The number of hydrogen-bond donors (Lipinski definition) is 1. The molecular formula is C21H30N2O2. The summed E-state index contributed by atoms with van der Waals surface area (Å²) in [6, 6.07) is 0.122. The Kier molecular flexibility index (Phi) is 8.86. The molecule has 2 aliphatic carbocycles. The van der Waals surface area contributed by atoms with E-state index in [0.717, 1.165) is 31.2 Å². The summed E-state index contributed by atoms with van der Waals surface area (Å²) < 4.78 is 0. The maximum Gasteiger partial charge on any atom is 0.254 e. The standard InChI is InChI=1S/C20H26N2O.CH4O/c1-5-8-16-11-12-17(14-19(16)21-3)20(23)22(4)18-10-7-6-9-15(2)13-18;1-2/h6-12,14-15,18H,5,13H2,1-4H3;2H,1H3/b16-8-,21-19?;. The van der Waals surface area contributed by atoms with Crippen LogP contribution in [0.2, 0.25) is 0 Å². The lowest BCUT2D eigenvalue weighted by Gasteiger charge is -2.27. The molecule has 0 aromatic heterocycles. The Balaban J connectivity index is 0.00000151. The molecule has 0 saturated carbocycles. The van der Waals surface area contributed by atoms with Crippen molar-refractivity contribution < 1.29 is 9.90 Å². The molecule has 25 heavy (non-hydrogen) atoms. The average Bonchev–Trinajstić information content (AvgIpc) is 2.87. The molecule has 4 heteroatoms. The lowest BCUT2D eigenvalue weighted by Crippen LogP contribution is -2.37. The van der Waals surface area contributed by atoms with Crippen molar-refractivity contribution in [1.29, 1.82) is 0 Å². The number of carbonyl (C=O) groups excluding carboxylic acids is 1. The summed E-state index contributed by atoms with van der Waals surface area (Å²) in [5.74, 6) is 0.509. The smallest absolute Gasteiger partial charge is 0.254 e. The number of hydrogen-bond acceptors (Lipinski definition) is 3. The van der Waals surface area contributed by atoms with E-state index in [1.54, 1.807) is 7.05 Å². The molecular weight excluding hydrogens is 312 g/mol. The zero-order chi connectivity index (χ0) is 18.8. The Bertz CT molecular complexity index is 636. The summed E-state index contributed by atoms with van der Waals surface area (Å²) in [6.45, 7) is 4.28. The number of carbonyl (C=O) groups is 1. The van der Waals surface area contributed by atoms with E-state index in [2.05, 4.69) is 43.1 Å². The van der Waals surface area contributed by atoms with Crippen LogP contribution in [0.4, 0.5) is 0 Å². The molecule has 1 N–H and O–H groups in total. The number of amides is 1. The molecule has 0 bridgehead atoms. The average molecular weight is 342 g/mol. The molecule has 2 aliphatic rings. The van der Waals surface area contributed by atoms with Crippen LogP contribution in [0, 0.1) is 5.92 Å². The quantitative estimate of drug-likeness (QED) is 0.854. The second-order valence-corrected chi connectivity index (χ2v) is 6.08. The third-order valence-corrected chi connectivity index (χ3v) is 4.26. The molecule has 0 aliphatic heterocycles. The van der Waals surface area contributed by atoms with Crippen LogP contribution in [0.3, 0.4) is 0 Å². The Morgan fingerprint density at radius 3 is 2.64 bits per heavy atom. The summed E-state index contributed by atoms with van der Waals surface area (Å²) in [7, 11) is 4.64. The summed E-state index contributed by atoms with van der Waals surface area (Å²) in [5.41, 5.74) is 2.65. The maximum absolute atomic E-state index is 12.8.